The zero-order valence-corrected chi connectivity index (χ0v) is 15.6. The first-order chi connectivity index (χ1) is 13.0. The lowest BCUT2D eigenvalue weighted by atomic mass is 9.83. The summed E-state index contributed by atoms with van der Waals surface area (Å²) in [6.45, 7) is 0. The Kier molecular flexibility index (Phi) is 4.87. The van der Waals surface area contributed by atoms with Crippen LogP contribution in [0, 0.1) is 11.7 Å². The van der Waals surface area contributed by atoms with Crippen LogP contribution >= 0.6 is 11.6 Å². The van der Waals surface area contributed by atoms with E-state index < -0.39 is 6.04 Å². The number of imidazole rings is 1. The summed E-state index contributed by atoms with van der Waals surface area (Å²) in [7, 11) is 0. The Balaban J connectivity index is 1.94. The fourth-order valence-electron chi connectivity index (χ4n) is 4.18. The van der Waals surface area contributed by atoms with Gasteiger partial charge in [0.2, 0.25) is 5.91 Å². The third kappa shape index (κ3) is 3.44. The lowest BCUT2D eigenvalue weighted by molar-refractivity contribution is -0.122. The molecule has 0 aliphatic heterocycles. The van der Waals surface area contributed by atoms with Gasteiger partial charge in [-0.05, 0) is 55.2 Å². The molecule has 27 heavy (non-hydrogen) atoms. The minimum atomic E-state index is -0.508. The van der Waals surface area contributed by atoms with Crippen LogP contribution in [0.3, 0.4) is 0 Å². The number of nitrogens with zero attached hydrogens (tertiary/aromatic N) is 2. The van der Waals surface area contributed by atoms with E-state index in [4.69, 9.17) is 17.3 Å². The van der Waals surface area contributed by atoms with Crippen molar-refractivity contribution in [2.45, 2.75) is 38.1 Å². The summed E-state index contributed by atoms with van der Waals surface area (Å²) in [5.74, 6) is 0.0372. The molecule has 2 aromatic carbocycles. The number of fused-ring (bicyclic) bond motifs is 1. The first-order valence-corrected chi connectivity index (χ1v) is 9.65. The van der Waals surface area contributed by atoms with Crippen LogP contribution in [0.25, 0.3) is 22.4 Å². The van der Waals surface area contributed by atoms with Gasteiger partial charge >= 0.3 is 0 Å². The number of hydrogen-bond acceptors (Lipinski definition) is 2. The highest BCUT2D eigenvalue weighted by atomic mass is 35.5. The molecule has 1 aliphatic carbocycles. The normalized spacial score (nSPS) is 16.5. The molecule has 1 unspecified atom stereocenters. The Bertz CT molecular complexity index is 977. The molecule has 0 saturated heterocycles. The monoisotopic (exact) mass is 385 g/mol. The lowest BCUT2D eigenvalue weighted by Crippen LogP contribution is -2.34. The van der Waals surface area contributed by atoms with Gasteiger partial charge in [0.15, 0.2) is 0 Å². The van der Waals surface area contributed by atoms with Gasteiger partial charge in [-0.1, -0.05) is 30.9 Å². The molecule has 0 spiro atoms. The molecule has 140 valence electrons. The number of carbonyl (C=O) groups excluding carboxylic acids is 1. The molecule has 6 heteroatoms. The van der Waals surface area contributed by atoms with Gasteiger partial charge in [-0.15, -0.1) is 0 Å². The second kappa shape index (κ2) is 7.31. The number of hydrogen-bond donors (Lipinski definition) is 1. The average Bonchev–Trinajstić information content (AvgIpc) is 3.01. The van der Waals surface area contributed by atoms with Crippen molar-refractivity contribution in [2.24, 2.45) is 11.7 Å². The van der Waals surface area contributed by atoms with Crippen LogP contribution in [0.4, 0.5) is 4.39 Å². The molecule has 1 aliphatic rings. The summed E-state index contributed by atoms with van der Waals surface area (Å²) >= 11 is 6.02. The maximum Gasteiger partial charge on any atom is 0.240 e. The predicted octanol–water partition coefficient (Wildman–Crippen LogP) is 5.10. The van der Waals surface area contributed by atoms with Crippen molar-refractivity contribution in [3.05, 3.63) is 53.3 Å². The Morgan fingerprint density at radius 3 is 2.52 bits per heavy atom. The number of halogens is 2. The summed E-state index contributed by atoms with van der Waals surface area (Å²) < 4.78 is 15.7. The molecule has 1 heterocycles. The Hall–Kier alpha value is -2.40. The Morgan fingerprint density at radius 1 is 1.15 bits per heavy atom. The predicted molar refractivity (Wildman–Crippen MR) is 105 cm³/mol. The lowest BCUT2D eigenvalue weighted by Gasteiger charge is -2.30. The molecule has 1 amide bonds. The number of amides is 1. The summed E-state index contributed by atoms with van der Waals surface area (Å²) in [6.07, 6.45) is 5.27. The van der Waals surface area contributed by atoms with Crippen LogP contribution in [0.5, 0.6) is 0 Å². The number of rotatable bonds is 4. The summed E-state index contributed by atoms with van der Waals surface area (Å²) in [5.41, 5.74) is 7.92. The van der Waals surface area contributed by atoms with Gasteiger partial charge in [0.05, 0.1) is 11.0 Å². The van der Waals surface area contributed by atoms with Gasteiger partial charge < -0.3 is 10.3 Å². The molecule has 1 aromatic heterocycles. The maximum absolute atomic E-state index is 13.8. The molecular formula is C21H21ClFN3O. The van der Waals surface area contributed by atoms with Crippen LogP contribution < -0.4 is 5.73 Å². The third-order valence-corrected chi connectivity index (χ3v) is 5.67. The van der Waals surface area contributed by atoms with Crippen LogP contribution in [-0.4, -0.2) is 15.5 Å². The van der Waals surface area contributed by atoms with Gasteiger partial charge in [0.1, 0.15) is 17.7 Å². The van der Waals surface area contributed by atoms with Crippen molar-refractivity contribution in [3.8, 4) is 11.4 Å². The van der Waals surface area contributed by atoms with Crippen molar-refractivity contribution in [1.29, 1.82) is 0 Å². The van der Waals surface area contributed by atoms with Gasteiger partial charge in [-0.3, -0.25) is 4.79 Å². The first kappa shape index (κ1) is 18.0. The number of nitrogens with two attached hydrogens (primary N) is 1. The summed E-state index contributed by atoms with van der Waals surface area (Å²) in [5, 5.41) is 0.617. The number of primary amides is 1. The van der Waals surface area contributed by atoms with Crippen molar-refractivity contribution in [1.82, 2.24) is 9.55 Å². The van der Waals surface area contributed by atoms with E-state index in [0.29, 0.717) is 16.4 Å². The highest BCUT2D eigenvalue weighted by Gasteiger charge is 2.32. The second-order valence-corrected chi connectivity index (χ2v) is 7.63. The van der Waals surface area contributed by atoms with E-state index in [-0.39, 0.29) is 17.6 Å². The van der Waals surface area contributed by atoms with E-state index in [1.165, 1.54) is 18.6 Å². The van der Waals surface area contributed by atoms with Gasteiger partial charge in [0.25, 0.3) is 0 Å². The number of carbonyl (C=O) groups is 1. The van der Waals surface area contributed by atoms with Crippen LogP contribution in [0.2, 0.25) is 5.02 Å². The standard InChI is InChI=1S/C21H21ClFN3O/c22-15-8-6-14(7-9-15)21-25-17-12-16(23)10-11-18(17)26(21)19(20(24)27)13-4-2-1-3-5-13/h6-13,19H,1-5H2,(H2,24,27). The molecule has 1 fully saturated rings. The zero-order valence-electron chi connectivity index (χ0n) is 14.9. The number of aromatic nitrogens is 2. The highest BCUT2D eigenvalue weighted by Crippen LogP contribution is 2.38. The average molecular weight is 386 g/mol. The molecule has 1 saturated carbocycles. The molecule has 3 aromatic rings. The molecular weight excluding hydrogens is 365 g/mol. The molecule has 1 atom stereocenters. The fourth-order valence-corrected chi connectivity index (χ4v) is 4.30. The largest absolute Gasteiger partial charge is 0.368 e. The van der Waals surface area contributed by atoms with E-state index in [0.717, 1.165) is 36.8 Å². The molecule has 2 N–H and O–H groups in total. The van der Waals surface area contributed by atoms with Crippen molar-refractivity contribution >= 4 is 28.5 Å². The molecule has 0 bridgehead atoms. The van der Waals surface area contributed by atoms with E-state index in [1.807, 2.05) is 16.7 Å². The topological polar surface area (TPSA) is 60.9 Å². The minimum Gasteiger partial charge on any atom is -0.368 e. The summed E-state index contributed by atoms with van der Waals surface area (Å²) in [4.78, 5) is 17.2. The molecule has 4 rings (SSSR count). The molecule has 4 nitrogen and oxygen atoms in total. The first-order valence-electron chi connectivity index (χ1n) is 9.27. The Labute approximate surface area is 162 Å². The van der Waals surface area contributed by atoms with E-state index >= 15 is 0 Å². The number of benzene rings is 2. The van der Waals surface area contributed by atoms with E-state index in [9.17, 15) is 9.18 Å². The quantitative estimate of drug-likeness (QED) is 0.678. The minimum absolute atomic E-state index is 0.157. The SMILES string of the molecule is NC(=O)C(C1CCCCC1)n1c(-c2ccc(Cl)cc2)nc2cc(F)ccc21. The van der Waals surface area contributed by atoms with E-state index in [2.05, 4.69) is 4.98 Å². The molecule has 0 radical (unpaired) electrons. The zero-order chi connectivity index (χ0) is 19.0. The van der Waals surface area contributed by atoms with Crippen molar-refractivity contribution in [3.63, 3.8) is 0 Å². The van der Waals surface area contributed by atoms with Gasteiger partial charge in [-0.25, -0.2) is 9.37 Å². The van der Waals surface area contributed by atoms with Crippen molar-refractivity contribution < 1.29 is 9.18 Å². The van der Waals surface area contributed by atoms with Crippen LogP contribution in [0.1, 0.15) is 38.1 Å². The van der Waals surface area contributed by atoms with E-state index in [1.54, 1.807) is 18.2 Å². The second-order valence-electron chi connectivity index (χ2n) is 7.19. The summed E-state index contributed by atoms with van der Waals surface area (Å²) in [6, 6.07) is 11.2. The van der Waals surface area contributed by atoms with Crippen LogP contribution in [-0.2, 0) is 4.79 Å². The van der Waals surface area contributed by atoms with Crippen molar-refractivity contribution in [2.75, 3.05) is 0 Å². The van der Waals surface area contributed by atoms with Crippen LogP contribution in [0.15, 0.2) is 42.5 Å². The Morgan fingerprint density at radius 2 is 1.85 bits per heavy atom. The smallest absolute Gasteiger partial charge is 0.240 e. The maximum atomic E-state index is 13.8. The van der Waals surface area contributed by atoms with Gasteiger partial charge in [-0.2, -0.15) is 0 Å². The third-order valence-electron chi connectivity index (χ3n) is 5.42. The highest BCUT2D eigenvalue weighted by molar-refractivity contribution is 6.30. The fraction of sp³-hybridized carbons (Fsp3) is 0.333. The van der Waals surface area contributed by atoms with Gasteiger partial charge in [0, 0.05) is 16.7 Å².